The minimum absolute atomic E-state index is 0.219. The Kier molecular flexibility index (Phi) is 7.00. The van der Waals surface area contributed by atoms with E-state index in [1.807, 2.05) is 54.6 Å². The maximum atomic E-state index is 12.8. The van der Waals surface area contributed by atoms with Crippen molar-refractivity contribution < 1.29 is 4.79 Å². The molecule has 1 aliphatic heterocycles. The topological polar surface area (TPSA) is 35.6 Å². The van der Waals surface area contributed by atoms with Crippen LogP contribution in [-0.2, 0) is 6.54 Å². The lowest BCUT2D eigenvalue weighted by atomic mass is 10.2. The van der Waals surface area contributed by atoms with E-state index < -0.39 is 0 Å². The molecule has 0 saturated carbocycles. The summed E-state index contributed by atoms with van der Waals surface area (Å²) in [7, 11) is 0. The normalized spacial score (nSPS) is 14.5. The number of fused-ring (bicyclic) bond motifs is 1. The Morgan fingerprint density at radius 1 is 0.912 bits per heavy atom. The second-order valence-corrected chi connectivity index (χ2v) is 10.5. The van der Waals surface area contributed by atoms with Crippen LogP contribution in [0.25, 0.3) is 10.1 Å². The fourth-order valence-corrected chi connectivity index (χ4v) is 6.04. The molecular weight excluding hydrogens is 509 g/mol. The van der Waals surface area contributed by atoms with Crippen LogP contribution in [0.5, 0.6) is 0 Å². The van der Waals surface area contributed by atoms with Crippen molar-refractivity contribution in [3.8, 4) is 0 Å². The molecular formula is C26H22Cl3N3OS. The van der Waals surface area contributed by atoms with Crippen molar-refractivity contribution in [2.24, 2.45) is 0 Å². The minimum atomic E-state index is -0.219. The number of anilines is 2. The average Bonchev–Trinajstić information content (AvgIpc) is 3.17. The zero-order valence-corrected chi connectivity index (χ0v) is 21.3. The molecule has 0 atom stereocenters. The molecule has 0 aliphatic carbocycles. The van der Waals surface area contributed by atoms with E-state index in [0.717, 1.165) is 59.2 Å². The number of piperazine rings is 1. The van der Waals surface area contributed by atoms with Gasteiger partial charge in [-0.3, -0.25) is 9.69 Å². The van der Waals surface area contributed by atoms with E-state index in [1.54, 1.807) is 6.07 Å². The first-order valence-corrected chi connectivity index (χ1v) is 12.9. The highest BCUT2D eigenvalue weighted by molar-refractivity contribution is 7.21. The van der Waals surface area contributed by atoms with Crippen LogP contribution in [-0.4, -0.2) is 37.0 Å². The maximum Gasteiger partial charge on any atom is 0.267 e. The summed E-state index contributed by atoms with van der Waals surface area (Å²) in [6.07, 6.45) is 0. The number of halogens is 3. The number of hydrogen-bond acceptors (Lipinski definition) is 4. The van der Waals surface area contributed by atoms with Crippen molar-refractivity contribution in [1.29, 1.82) is 0 Å². The molecule has 0 unspecified atom stereocenters. The molecule has 1 aliphatic rings. The largest absolute Gasteiger partial charge is 0.369 e. The lowest BCUT2D eigenvalue weighted by Crippen LogP contribution is -2.46. The van der Waals surface area contributed by atoms with Crippen molar-refractivity contribution in [2.75, 3.05) is 36.4 Å². The fraction of sp³-hybridized carbons (Fsp3) is 0.192. The first-order valence-electron chi connectivity index (χ1n) is 11.0. The Hall–Kier alpha value is -2.28. The molecule has 3 aromatic carbocycles. The van der Waals surface area contributed by atoms with Crippen LogP contribution in [0.4, 0.5) is 11.4 Å². The molecule has 1 aromatic heterocycles. The zero-order valence-electron chi connectivity index (χ0n) is 18.2. The van der Waals surface area contributed by atoms with Crippen LogP contribution in [0.15, 0.2) is 66.7 Å². The van der Waals surface area contributed by atoms with E-state index in [9.17, 15) is 4.79 Å². The number of nitrogens with one attached hydrogen (secondary N) is 1. The van der Waals surface area contributed by atoms with Gasteiger partial charge in [0.2, 0.25) is 0 Å². The number of benzene rings is 3. The number of carbonyl (C=O) groups excluding carboxylic acids is 1. The van der Waals surface area contributed by atoms with Gasteiger partial charge in [-0.2, -0.15) is 0 Å². The molecule has 0 spiro atoms. The second kappa shape index (κ2) is 10.1. The number of carbonyl (C=O) groups is 1. The Morgan fingerprint density at radius 3 is 2.38 bits per heavy atom. The number of amides is 1. The van der Waals surface area contributed by atoms with Crippen LogP contribution < -0.4 is 10.2 Å². The molecule has 34 heavy (non-hydrogen) atoms. The Balaban J connectivity index is 1.20. The first-order chi connectivity index (χ1) is 16.5. The van der Waals surface area contributed by atoms with E-state index in [1.165, 1.54) is 16.9 Å². The summed E-state index contributed by atoms with van der Waals surface area (Å²) in [6.45, 7) is 4.69. The molecule has 1 saturated heterocycles. The van der Waals surface area contributed by atoms with Gasteiger partial charge in [0, 0.05) is 64.2 Å². The van der Waals surface area contributed by atoms with E-state index in [0.29, 0.717) is 14.9 Å². The Morgan fingerprint density at radius 2 is 1.65 bits per heavy atom. The van der Waals surface area contributed by atoms with Gasteiger partial charge in [0.05, 0.1) is 5.02 Å². The van der Waals surface area contributed by atoms with E-state index in [2.05, 4.69) is 21.2 Å². The molecule has 2 heterocycles. The highest BCUT2D eigenvalue weighted by atomic mass is 35.5. The highest BCUT2D eigenvalue weighted by Gasteiger charge is 2.20. The van der Waals surface area contributed by atoms with Crippen molar-refractivity contribution in [3.05, 3.63) is 92.2 Å². The van der Waals surface area contributed by atoms with Gasteiger partial charge in [0.25, 0.3) is 5.91 Å². The van der Waals surface area contributed by atoms with Crippen LogP contribution in [0.1, 0.15) is 15.2 Å². The highest BCUT2D eigenvalue weighted by Crippen LogP contribution is 2.37. The van der Waals surface area contributed by atoms with E-state index >= 15 is 0 Å². The predicted molar refractivity (Wildman–Crippen MR) is 145 cm³/mol. The van der Waals surface area contributed by atoms with Crippen LogP contribution >= 0.6 is 46.1 Å². The standard InChI is InChI=1S/C26H22Cl3N3OS/c27-18-5-10-21-23(15-18)34-25(24(21)29)26(33)30-19-6-8-20(9-7-19)32-13-11-31(12-14-32)16-17-3-1-2-4-22(17)28/h1-10,15H,11-14,16H2,(H,30,33). The van der Waals surface area contributed by atoms with Crippen molar-refractivity contribution >= 4 is 73.5 Å². The summed E-state index contributed by atoms with van der Waals surface area (Å²) in [6, 6.07) is 21.4. The van der Waals surface area contributed by atoms with Crippen molar-refractivity contribution in [3.63, 3.8) is 0 Å². The fourth-order valence-electron chi connectivity index (χ4n) is 4.16. The molecule has 174 valence electrons. The number of rotatable bonds is 5. The van der Waals surface area contributed by atoms with Gasteiger partial charge in [0.15, 0.2) is 0 Å². The van der Waals surface area contributed by atoms with Gasteiger partial charge in [-0.15, -0.1) is 11.3 Å². The van der Waals surface area contributed by atoms with Gasteiger partial charge < -0.3 is 10.2 Å². The number of thiophene rings is 1. The summed E-state index contributed by atoms with van der Waals surface area (Å²) in [5.74, 6) is -0.219. The molecule has 5 rings (SSSR count). The summed E-state index contributed by atoms with van der Waals surface area (Å²) in [4.78, 5) is 18.1. The second-order valence-electron chi connectivity index (χ2n) is 8.24. The molecule has 1 fully saturated rings. The molecule has 4 aromatic rings. The number of nitrogens with zero attached hydrogens (tertiary/aromatic N) is 2. The third-order valence-electron chi connectivity index (χ3n) is 6.01. The SMILES string of the molecule is O=C(Nc1ccc(N2CCN(Cc3ccccc3Cl)CC2)cc1)c1sc2cc(Cl)ccc2c1Cl. The van der Waals surface area contributed by atoms with Crippen molar-refractivity contribution in [1.82, 2.24) is 4.90 Å². The average molecular weight is 531 g/mol. The van der Waals surface area contributed by atoms with E-state index in [-0.39, 0.29) is 5.91 Å². The quantitative estimate of drug-likeness (QED) is 0.291. The van der Waals surface area contributed by atoms with Crippen LogP contribution in [0.3, 0.4) is 0 Å². The lowest BCUT2D eigenvalue weighted by molar-refractivity contribution is 0.103. The number of hydrogen-bond donors (Lipinski definition) is 1. The van der Waals surface area contributed by atoms with Gasteiger partial charge in [0.1, 0.15) is 4.88 Å². The third-order valence-corrected chi connectivity index (χ3v) is 8.27. The van der Waals surface area contributed by atoms with Crippen LogP contribution in [0, 0.1) is 0 Å². The van der Waals surface area contributed by atoms with Crippen LogP contribution in [0.2, 0.25) is 15.1 Å². The zero-order chi connectivity index (χ0) is 23.7. The first kappa shape index (κ1) is 23.5. The summed E-state index contributed by atoms with van der Waals surface area (Å²) in [5.41, 5.74) is 3.04. The predicted octanol–water partition coefficient (Wildman–Crippen LogP) is 7.44. The van der Waals surface area contributed by atoms with Gasteiger partial charge in [-0.1, -0.05) is 59.1 Å². The van der Waals surface area contributed by atoms with Crippen molar-refractivity contribution in [2.45, 2.75) is 6.54 Å². The molecule has 8 heteroatoms. The molecule has 0 bridgehead atoms. The summed E-state index contributed by atoms with van der Waals surface area (Å²) >= 11 is 20.2. The lowest BCUT2D eigenvalue weighted by Gasteiger charge is -2.36. The Bertz CT molecular complexity index is 1330. The molecule has 0 radical (unpaired) electrons. The smallest absolute Gasteiger partial charge is 0.267 e. The summed E-state index contributed by atoms with van der Waals surface area (Å²) in [5, 5.41) is 5.70. The monoisotopic (exact) mass is 529 g/mol. The Labute approximate surface area is 217 Å². The summed E-state index contributed by atoms with van der Waals surface area (Å²) < 4.78 is 0.895. The van der Waals surface area contributed by atoms with E-state index in [4.69, 9.17) is 34.8 Å². The third kappa shape index (κ3) is 5.04. The molecule has 1 amide bonds. The van der Waals surface area contributed by atoms with Gasteiger partial charge >= 0.3 is 0 Å². The van der Waals surface area contributed by atoms with Gasteiger partial charge in [-0.05, 0) is 48.0 Å². The maximum absolute atomic E-state index is 12.8. The minimum Gasteiger partial charge on any atom is -0.369 e. The molecule has 4 nitrogen and oxygen atoms in total. The molecule has 1 N–H and O–H groups in total. The van der Waals surface area contributed by atoms with Gasteiger partial charge in [-0.25, -0.2) is 0 Å².